The Labute approximate surface area is 151 Å². The zero-order valence-electron chi connectivity index (χ0n) is 14.2. The predicted molar refractivity (Wildman–Crippen MR) is 96.8 cm³/mol. The molecule has 6 nitrogen and oxygen atoms in total. The lowest BCUT2D eigenvalue weighted by atomic mass is 10.2. The van der Waals surface area contributed by atoms with E-state index in [9.17, 15) is 4.79 Å². The van der Waals surface area contributed by atoms with Gasteiger partial charge >= 0.3 is 0 Å². The molecule has 2 aromatic carbocycles. The van der Waals surface area contributed by atoms with E-state index in [1.807, 2.05) is 0 Å². The first-order valence-corrected chi connectivity index (χ1v) is 7.88. The number of carbonyl (C=O) groups is 1. The molecule has 7 heteroatoms. The molecule has 0 saturated heterocycles. The third-order valence-electron chi connectivity index (χ3n) is 3.31. The van der Waals surface area contributed by atoms with Gasteiger partial charge in [-0.05, 0) is 49.4 Å². The van der Waals surface area contributed by atoms with E-state index in [0.717, 1.165) is 0 Å². The number of nitrogens with zero attached hydrogens (tertiary/aromatic N) is 1. The summed E-state index contributed by atoms with van der Waals surface area (Å²) in [6, 6.07) is 12.0. The minimum absolute atomic E-state index is 0.381. The quantitative estimate of drug-likeness (QED) is 0.606. The zero-order chi connectivity index (χ0) is 18.2. The van der Waals surface area contributed by atoms with Gasteiger partial charge in [0.05, 0.1) is 20.4 Å². The second kappa shape index (κ2) is 8.94. The van der Waals surface area contributed by atoms with E-state index in [1.165, 1.54) is 6.21 Å². The molecule has 0 saturated carbocycles. The summed E-state index contributed by atoms with van der Waals surface area (Å²) in [7, 11) is 3.13. The van der Waals surface area contributed by atoms with Crippen LogP contribution in [0.5, 0.6) is 17.2 Å². The fourth-order valence-corrected chi connectivity index (χ4v) is 2.09. The van der Waals surface area contributed by atoms with Gasteiger partial charge in [-0.25, -0.2) is 5.43 Å². The Balaban J connectivity index is 1.96. The number of hydrogen-bond acceptors (Lipinski definition) is 5. The molecule has 1 amide bonds. The van der Waals surface area contributed by atoms with Crippen LogP contribution in [0.1, 0.15) is 12.5 Å². The molecule has 2 rings (SSSR count). The van der Waals surface area contributed by atoms with Crippen molar-refractivity contribution in [2.24, 2.45) is 5.10 Å². The highest BCUT2D eigenvalue weighted by Crippen LogP contribution is 2.22. The number of ether oxygens (including phenoxy) is 3. The molecule has 0 aromatic heterocycles. The Kier molecular flexibility index (Phi) is 6.65. The summed E-state index contributed by atoms with van der Waals surface area (Å²) in [5.41, 5.74) is 3.11. The fourth-order valence-electron chi connectivity index (χ4n) is 1.97. The summed E-state index contributed by atoms with van der Waals surface area (Å²) in [4.78, 5) is 12.1. The average Bonchev–Trinajstić information content (AvgIpc) is 2.63. The van der Waals surface area contributed by atoms with Crippen LogP contribution in [0.25, 0.3) is 0 Å². The number of hydrogen-bond donors (Lipinski definition) is 1. The Morgan fingerprint density at radius 3 is 2.44 bits per heavy atom. The Morgan fingerprint density at radius 2 is 1.80 bits per heavy atom. The van der Waals surface area contributed by atoms with Crippen LogP contribution in [-0.2, 0) is 4.79 Å². The fraction of sp³-hybridized carbons (Fsp3) is 0.222. The van der Waals surface area contributed by atoms with Crippen LogP contribution >= 0.6 is 11.6 Å². The van der Waals surface area contributed by atoms with Gasteiger partial charge in [-0.3, -0.25) is 4.79 Å². The van der Waals surface area contributed by atoms with Crippen molar-refractivity contribution in [1.82, 2.24) is 5.43 Å². The molecule has 0 aliphatic rings. The maximum Gasteiger partial charge on any atom is 0.280 e. The van der Waals surface area contributed by atoms with Crippen molar-refractivity contribution < 1.29 is 19.0 Å². The van der Waals surface area contributed by atoms with Gasteiger partial charge in [0.1, 0.15) is 17.2 Å². The van der Waals surface area contributed by atoms with Crippen molar-refractivity contribution in [2.45, 2.75) is 13.0 Å². The van der Waals surface area contributed by atoms with E-state index in [4.69, 9.17) is 25.8 Å². The van der Waals surface area contributed by atoms with Gasteiger partial charge in [-0.15, -0.1) is 0 Å². The lowest BCUT2D eigenvalue weighted by molar-refractivity contribution is -0.127. The molecule has 25 heavy (non-hydrogen) atoms. The molecule has 0 aliphatic heterocycles. The van der Waals surface area contributed by atoms with Gasteiger partial charge in [-0.1, -0.05) is 11.6 Å². The first kappa shape index (κ1) is 18.6. The highest BCUT2D eigenvalue weighted by atomic mass is 35.5. The average molecular weight is 363 g/mol. The maximum atomic E-state index is 12.1. The second-order valence-corrected chi connectivity index (χ2v) is 5.49. The molecule has 0 fully saturated rings. The van der Waals surface area contributed by atoms with E-state index < -0.39 is 6.10 Å². The largest absolute Gasteiger partial charge is 0.497 e. The third kappa shape index (κ3) is 5.39. The minimum atomic E-state index is -0.717. The van der Waals surface area contributed by atoms with Crippen LogP contribution < -0.4 is 19.6 Å². The Hall–Kier alpha value is -2.73. The number of benzene rings is 2. The van der Waals surface area contributed by atoms with Crippen molar-refractivity contribution in [3.63, 3.8) is 0 Å². The van der Waals surface area contributed by atoms with Crippen molar-refractivity contribution in [3.8, 4) is 17.2 Å². The van der Waals surface area contributed by atoms with Crippen molar-refractivity contribution in [2.75, 3.05) is 14.2 Å². The molecular weight excluding hydrogens is 344 g/mol. The van der Waals surface area contributed by atoms with Gasteiger partial charge in [-0.2, -0.15) is 5.10 Å². The summed E-state index contributed by atoms with van der Waals surface area (Å²) in [5.74, 6) is 1.44. The molecule has 0 spiro atoms. The highest BCUT2D eigenvalue weighted by Gasteiger charge is 2.14. The molecule has 1 N–H and O–H groups in total. The maximum absolute atomic E-state index is 12.1. The van der Waals surface area contributed by atoms with Crippen molar-refractivity contribution in [1.29, 1.82) is 0 Å². The molecule has 0 bridgehead atoms. The van der Waals surface area contributed by atoms with E-state index in [-0.39, 0.29) is 5.91 Å². The molecule has 132 valence electrons. The number of rotatable bonds is 7. The monoisotopic (exact) mass is 362 g/mol. The molecule has 1 unspecified atom stereocenters. The predicted octanol–water partition coefficient (Wildman–Crippen LogP) is 3.27. The van der Waals surface area contributed by atoms with E-state index in [1.54, 1.807) is 63.6 Å². The van der Waals surface area contributed by atoms with Crippen molar-refractivity contribution >= 4 is 23.7 Å². The van der Waals surface area contributed by atoms with Gasteiger partial charge in [0.15, 0.2) is 6.10 Å². The van der Waals surface area contributed by atoms with Gasteiger partial charge in [0, 0.05) is 10.6 Å². The lowest BCUT2D eigenvalue weighted by Crippen LogP contribution is -2.33. The molecule has 2 aromatic rings. The normalized spacial score (nSPS) is 11.8. The third-order valence-corrected chi connectivity index (χ3v) is 3.56. The van der Waals surface area contributed by atoms with Crippen LogP contribution in [0.4, 0.5) is 0 Å². The van der Waals surface area contributed by atoms with Crippen LogP contribution in [-0.4, -0.2) is 32.4 Å². The second-order valence-electron chi connectivity index (χ2n) is 5.06. The summed E-state index contributed by atoms with van der Waals surface area (Å²) in [5, 5.41) is 4.54. The van der Waals surface area contributed by atoms with Gasteiger partial charge in [0.25, 0.3) is 5.91 Å². The number of amides is 1. The van der Waals surface area contributed by atoms with Gasteiger partial charge < -0.3 is 14.2 Å². The SMILES string of the molecule is COc1ccc(OC)c(/C=N/NC(=O)C(C)Oc2ccc(Cl)cc2)c1. The van der Waals surface area contributed by atoms with Crippen LogP contribution in [0.2, 0.25) is 5.02 Å². The molecule has 1 atom stereocenters. The van der Waals surface area contributed by atoms with E-state index >= 15 is 0 Å². The Bertz CT molecular complexity index is 747. The summed E-state index contributed by atoms with van der Waals surface area (Å²) >= 11 is 5.81. The number of nitrogens with one attached hydrogen (secondary N) is 1. The minimum Gasteiger partial charge on any atom is -0.497 e. The molecule has 0 radical (unpaired) electrons. The van der Waals surface area contributed by atoms with Crippen LogP contribution in [0.15, 0.2) is 47.6 Å². The van der Waals surface area contributed by atoms with E-state index in [2.05, 4.69) is 10.5 Å². The molecular formula is C18H19ClN2O4. The van der Waals surface area contributed by atoms with Gasteiger partial charge in [0.2, 0.25) is 0 Å². The topological polar surface area (TPSA) is 69.2 Å². The van der Waals surface area contributed by atoms with Crippen LogP contribution in [0, 0.1) is 0 Å². The number of halogens is 1. The summed E-state index contributed by atoms with van der Waals surface area (Å²) in [6.45, 7) is 1.63. The number of methoxy groups -OCH3 is 2. The Morgan fingerprint density at radius 1 is 1.12 bits per heavy atom. The smallest absolute Gasteiger partial charge is 0.280 e. The number of carbonyl (C=O) groups excluding carboxylic acids is 1. The zero-order valence-corrected chi connectivity index (χ0v) is 14.9. The standard InChI is InChI=1S/C18H19ClN2O4/c1-12(25-15-6-4-14(19)5-7-15)18(22)21-20-11-13-10-16(23-2)8-9-17(13)24-3/h4-12H,1-3H3,(H,21,22)/b20-11+. The lowest BCUT2D eigenvalue weighted by Gasteiger charge is -2.13. The van der Waals surface area contributed by atoms with Crippen LogP contribution in [0.3, 0.4) is 0 Å². The van der Waals surface area contributed by atoms with E-state index in [0.29, 0.717) is 27.8 Å². The first-order valence-electron chi connectivity index (χ1n) is 7.50. The molecule has 0 aliphatic carbocycles. The summed E-state index contributed by atoms with van der Waals surface area (Å²) < 4.78 is 15.9. The summed E-state index contributed by atoms with van der Waals surface area (Å²) in [6.07, 6.45) is 0.763. The highest BCUT2D eigenvalue weighted by molar-refractivity contribution is 6.30. The number of hydrazone groups is 1. The first-order chi connectivity index (χ1) is 12.0. The van der Waals surface area contributed by atoms with Crippen molar-refractivity contribution in [3.05, 3.63) is 53.1 Å². The molecule has 0 heterocycles.